The highest BCUT2D eigenvalue weighted by atomic mass is 32.2. The summed E-state index contributed by atoms with van der Waals surface area (Å²) < 4.78 is 5.76. The number of carbonyl (C=O) groups excluding carboxylic acids is 1. The largest absolute Gasteiger partial charge is 0.414 e. The average Bonchev–Trinajstić information content (AvgIpc) is 3.00. The SMILES string of the molecule is CC[C@@H](c1nnc(SCC(=O)NC23CC4CC(CC(C4)C2)C3)o1)N(C)C. The van der Waals surface area contributed by atoms with Gasteiger partial charge in [-0.05, 0) is 76.8 Å². The van der Waals surface area contributed by atoms with Crippen molar-refractivity contribution in [3.63, 3.8) is 0 Å². The van der Waals surface area contributed by atoms with Crippen LogP contribution in [0.25, 0.3) is 0 Å². The molecule has 1 aromatic heterocycles. The van der Waals surface area contributed by atoms with Crippen LogP contribution in [-0.2, 0) is 4.79 Å². The van der Waals surface area contributed by atoms with Gasteiger partial charge in [-0.2, -0.15) is 0 Å². The van der Waals surface area contributed by atoms with Crippen molar-refractivity contribution in [3.8, 4) is 0 Å². The maximum absolute atomic E-state index is 12.6. The van der Waals surface area contributed by atoms with E-state index in [-0.39, 0.29) is 17.5 Å². The Hall–Kier alpha value is -1.08. The van der Waals surface area contributed by atoms with E-state index < -0.39 is 0 Å². The van der Waals surface area contributed by atoms with E-state index in [1.54, 1.807) is 0 Å². The maximum Gasteiger partial charge on any atom is 0.277 e. The Balaban J connectivity index is 1.31. The van der Waals surface area contributed by atoms with Gasteiger partial charge in [-0.3, -0.25) is 9.69 Å². The van der Waals surface area contributed by atoms with Gasteiger partial charge in [-0.25, -0.2) is 0 Å². The minimum Gasteiger partial charge on any atom is -0.414 e. The fourth-order valence-electron chi connectivity index (χ4n) is 5.90. The molecule has 0 saturated heterocycles. The van der Waals surface area contributed by atoms with Crippen LogP contribution in [0.1, 0.15) is 63.8 Å². The lowest BCUT2D eigenvalue weighted by atomic mass is 9.53. The Kier molecular flexibility index (Phi) is 5.03. The van der Waals surface area contributed by atoms with Crippen LogP contribution in [-0.4, -0.2) is 46.4 Å². The summed E-state index contributed by atoms with van der Waals surface area (Å²) >= 11 is 1.35. The standard InChI is InChI=1S/C19H30N4O2S/c1-4-15(23(2)3)17-21-22-18(25-17)26-11-16(24)20-19-8-12-5-13(9-19)7-14(6-12)10-19/h12-15H,4-11H2,1-3H3,(H,20,24)/t12?,13?,14?,15-,19?/m0/s1. The molecular weight excluding hydrogens is 348 g/mol. The fraction of sp³-hybridized carbons (Fsp3) is 0.842. The summed E-state index contributed by atoms with van der Waals surface area (Å²) in [5.74, 6) is 3.60. The predicted octanol–water partition coefficient (Wildman–Crippen LogP) is 3.26. The minimum atomic E-state index is 0.0740. The van der Waals surface area contributed by atoms with Crippen molar-refractivity contribution < 1.29 is 9.21 Å². The number of carbonyl (C=O) groups is 1. The molecule has 1 heterocycles. The first-order valence-electron chi connectivity index (χ1n) is 9.90. The number of hydrogen-bond acceptors (Lipinski definition) is 6. The van der Waals surface area contributed by atoms with Gasteiger partial charge in [0.05, 0.1) is 11.8 Å². The highest BCUT2D eigenvalue weighted by Gasteiger charge is 2.51. The molecule has 26 heavy (non-hydrogen) atoms. The van der Waals surface area contributed by atoms with Crippen molar-refractivity contribution in [2.24, 2.45) is 17.8 Å². The van der Waals surface area contributed by atoms with E-state index in [9.17, 15) is 4.79 Å². The second kappa shape index (κ2) is 7.15. The molecule has 4 bridgehead atoms. The number of amides is 1. The molecule has 4 aliphatic rings. The lowest BCUT2D eigenvalue weighted by Crippen LogP contribution is -2.60. The fourth-order valence-corrected chi connectivity index (χ4v) is 6.47. The Morgan fingerprint density at radius 1 is 1.23 bits per heavy atom. The van der Waals surface area contributed by atoms with Gasteiger partial charge in [-0.15, -0.1) is 10.2 Å². The van der Waals surface area contributed by atoms with Gasteiger partial charge in [0, 0.05) is 5.54 Å². The monoisotopic (exact) mass is 378 g/mol. The average molecular weight is 379 g/mol. The lowest BCUT2D eigenvalue weighted by molar-refractivity contribution is -0.124. The molecule has 0 aromatic carbocycles. The number of nitrogens with zero attached hydrogens (tertiary/aromatic N) is 3. The summed E-state index contributed by atoms with van der Waals surface area (Å²) in [6.07, 6.45) is 8.62. The van der Waals surface area contributed by atoms with E-state index in [0.29, 0.717) is 16.9 Å². The molecule has 0 unspecified atom stereocenters. The smallest absolute Gasteiger partial charge is 0.277 e. The Morgan fingerprint density at radius 3 is 2.38 bits per heavy atom. The number of rotatable bonds is 7. The van der Waals surface area contributed by atoms with E-state index in [0.717, 1.165) is 24.2 Å². The third-order valence-electron chi connectivity index (χ3n) is 6.49. The molecule has 144 valence electrons. The molecule has 0 radical (unpaired) electrons. The van der Waals surface area contributed by atoms with Crippen molar-refractivity contribution in [2.45, 2.75) is 68.7 Å². The molecule has 1 atom stereocenters. The normalized spacial score (nSPS) is 33.6. The molecule has 0 aliphatic heterocycles. The first-order valence-corrected chi connectivity index (χ1v) is 10.9. The van der Waals surface area contributed by atoms with Crippen LogP contribution >= 0.6 is 11.8 Å². The molecule has 0 spiro atoms. The van der Waals surface area contributed by atoms with Gasteiger partial charge >= 0.3 is 0 Å². The summed E-state index contributed by atoms with van der Waals surface area (Å²) in [7, 11) is 4.01. The zero-order chi connectivity index (χ0) is 18.3. The highest BCUT2D eigenvalue weighted by Crippen LogP contribution is 2.55. The summed E-state index contributed by atoms with van der Waals surface area (Å²) in [6.45, 7) is 2.10. The van der Waals surface area contributed by atoms with E-state index >= 15 is 0 Å². The molecule has 6 nitrogen and oxygen atoms in total. The van der Waals surface area contributed by atoms with Gasteiger partial charge in [-0.1, -0.05) is 18.7 Å². The van der Waals surface area contributed by atoms with E-state index in [2.05, 4.69) is 27.3 Å². The van der Waals surface area contributed by atoms with Crippen molar-refractivity contribution >= 4 is 17.7 Å². The minimum absolute atomic E-state index is 0.0740. The summed E-state index contributed by atoms with van der Waals surface area (Å²) in [5.41, 5.74) is 0.0740. The zero-order valence-corrected chi connectivity index (χ0v) is 16.8. The highest BCUT2D eigenvalue weighted by molar-refractivity contribution is 7.99. The maximum atomic E-state index is 12.6. The molecule has 1 N–H and O–H groups in total. The van der Waals surface area contributed by atoms with Crippen LogP contribution in [0, 0.1) is 17.8 Å². The molecule has 1 amide bonds. The van der Waals surface area contributed by atoms with E-state index in [1.807, 2.05) is 14.1 Å². The van der Waals surface area contributed by atoms with Crippen LogP contribution in [0.15, 0.2) is 9.64 Å². The molecular formula is C19H30N4O2S. The van der Waals surface area contributed by atoms with E-state index in [4.69, 9.17) is 4.42 Å². The van der Waals surface area contributed by atoms with Crippen LogP contribution in [0.4, 0.5) is 0 Å². The number of aromatic nitrogens is 2. The lowest BCUT2D eigenvalue weighted by Gasteiger charge is -2.56. The second-order valence-electron chi connectivity index (χ2n) is 8.83. The van der Waals surface area contributed by atoms with Gasteiger partial charge in [0.1, 0.15) is 0 Å². The molecule has 4 fully saturated rings. The number of thioether (sulfide) groups is 1. The van der Waals surface area contributed by atoms with Gasteiger partial charge in [0.15, 0.2) is 0 Å². The molecule has 4 saturated carbocycles. The van der Waals surface area contributed by atoms with E-state index in [1.165, 1.54) is 50.3 Å². The van der Waals surface area contributed by atoms with Crippen LogP contribution in [0.5, 0.6) is 0 Å². The topological polar surface area (TPSA) is 71.3 Å². The van der Waals surface area contributed by atoms with Gasteiger partial charge in [0.25, 0.3) is 5.22 Å². The third kappa shape index (κ3) is 3.65. The quantitative estimate of drug-likeness (QED) is 0.734. The van der Waals surface area contributed by atoms with Crippen LogP contribution in [0.3, 0.4) is 0 Å². The third-order valence-corrected chi connectivity index (χ3v) is 7.31. The van der Waals surface area contributed by atoms with Gasteiger partial charge in [0.2, 0.25) is 11.8 Å². The summed E-state index contributed by atoms with van der Waals surface area (Å²) in [4.78, 5) is 14.6. The van der Waals surface area contributed by atoms with Crippen molar-refractivity contribution in [2.75, 3.05) is 19.8 Å². The Morgan fingerprint density at radius 2 is 1.85 bits per heavy atom. The molecule has 5 rings (SSSR count). The predicted molar refractivity (Wildman–Crippen MR) is 101 cm³/mol. The van der Waals surface area contributed by atoms with Gasteiger partial charge < -0.3 is 9.73 Å². The molecule has 1 aromatic rings. The summed E-state index contributed by atoms with van der Waals surface area (Å²) in [6, 6.07) is 0.123. The van der Waals surface area contributed by atoms with Crippen molar-refractivity contribution in [1.29, 1.82) is 0 Å². The van der Waals surface area contributed by atoms with Crippen LogP contribution in [0.2, 0.25) is 0 Å². The molecule has 4 aliphatic carbocycles. The van der Waals surface area contributed by atoms with Crippen molar-refractivity contribution in [3.05, 3.63) is 5.89 Å². The summed E-state index contributed by atoms with van der Waals surface area (Å²) in [5, 5.41) is 12.1. The Bertz CT molecular complexity index is 624. The zero-order valence-electron chi connectivity index (χ0n) is 16.0. The number of hydrogen-bond donors (Lipinski definition) is 1. The first kappa shape index (κ1) is 18.3. The number of nitrogens with one attached hydrogen (secondary N) is 1. The van der Waals surface area contributed by atoms with Crippen molar-refractivity contribution in [1.82, 2.24) is 20.4 Å². The second-order valence-corrected chi connectivity index (χ2v) is 9.76. The Labute approximate surface area is 159 Å². The van der Waals surface area contributed by atoms with Crippen LogP contribution < -0.4 is 5.32 Å². The first-order chi connectivity index (χ1) is 12.5. The molecule has 7 heteroatoms.